The molecule has 1 N–H and O–H groups in total. The number of anilines is 1. The standard InChI is InChI=1S/C26H26N2O3S/c1-17-5-4-6-23-24(17)32-26(27-23)28(16-15-19-7-13-22(31-3)14-8-19)18(2)20-9-11-21(12-10-20)25(29)30/h4-14,18H,15-16H2,1-3H3,(H,29,30). The molecule has 6 heteroatoms. The average Bonchev–Trinajstić information content (AvgIpc) is 3.25. The van der Waals surface area contributed by atoms with Crippen LogP contribution in [-0.2, 0) is 6.42 Å². The van der Waals surface area contributed by atoms with E-state index in [-0.39, 0.29) is 6.04 Å². The maximum atomic E-state index is 11.2. The van der Waals surface area contributed by atoms with Crippen molar-refractivity contribution in [1.82, 2.24) is 4.98 Å². The Kier molecular flexibility index (Phi) is 6.42. The van der Waals surface area contributed by atoms with Crippen molar-refractivity contribution in [1.29, 1.82) is 0 Å². The molecule has 1 unspecified atom stereocenters. The first-order valence-corrected chi connectivity index (χ1v) is 11.4. The van der Waals surface area contributed by atoms with Gasteiger partial charge >= 0.3 is 5.97 Å². The number of methoxy groups -OCH3 is 1. The summed E-state index contributed by atoms with van der Waals surface area (Å²) in [6.07, 6.45) is 0.858. The van der Waals surface area contributed by atoms with Crippen LogP contribution in [0.1, 0.15) is 40.0 Å². The Hall–Kier alpha value is -3.38. The third-order valence-corrected chi connectivity index (χ3v) is 7.00. The van der Waals surface area contributed by atoms with Crippen LogP contribution < -0.4 is 9.64 Å². The van der Waals surface area contributed by atoms with Crippen molar-refractivity contribution in [3.05, 3.63) is 89.0 Å². The van der Waals surface area contributed by atoms with Crippen LogP contribution in [0.25, 0.3) is 10.2 Å². The van der Waals surface area contributed by atoms with E-state index in [4.69, 9.17) is 9.72 Å². The SMILES string of the molecule is COc1ccc(CCN(c2nc3cccc(C)c3s2)C(C)c2ccc(C(=O)O)cc2)cc1. The quantitative estimate of drug-likeness (QED) is 0.353. The van der Waals surface area contributed by atoms with Crippen molar-refractivity contribution in [2.75, 3.05) is 18.6 Å². The predicted octanol–water partition coefficient (Wildman–Crippen LogP) is 6.12. The Labute approximate surface area is 191 Å². The Bertz CT molecular complexity index is 1220. The molecule has 0 amide bonds. The summed E-state index contributed by atoms with van der Waals surface area (Å²) < 4.78 is 6.47. The number of benzene rings is 3. The zero-order chi connectivity index (χ0) is 22.7. The minimum absolute atomic E-state index is 0.0389. The topological polar surface area (TPSA) is 62.7 Å². The zero-order valence-electron chi connectivity index (χ0n) is 18.4. The first kappa shape index (κ1) is 21.8. The first-order chi connectivity index (χ1) is 15.5. The minimum Gasteiger partial charge on any atom is -0.497 e. The van der Waals surface area contributed by atoms with Crippen molar-refractivity contribution < 1.29 is 14.6 Å². The van der Waals surface area contributed by atoms with E-state index in [2.05, 4.69) is 43.0 Å². The normalized spacial score (nSPS) is 12.0. The smallest absolute Gasteiger partial charge is 0.335 e. The summed E-state index contributed by atoms with van der Waals surface area (Å²) in [5.41, 5.74) is 4.80. The van der Waals surface area contributed by atoms with E-state index < -0.39 is 5.97 Å². The van der Waals surface area contributed by atoms with Gasteiger partial charge in [0.15, 0.2) is 5.13 Å². The van der Waals surface area contributed by atoms with Crippen LogP contribution in [-0.4, -0.2) is 29.7 Å². The van der Waals surface area contributed by atoms with E-state index in [1.807, 2.05) is 30.3 Å². The number of ether oxygens (including phenoxy) is 1. The molecular weight excluding hydrogens is 420 g/mol. The number of thiazole rings is 1. The molecule has 4 rings (SSSR count). The third kappa shape index (κ3) is 4.60. The molecule has 32 heavy (non-hydrogen) atoms. The highest BCUT2D eigenvalue weighted by Crippen LogP contribution is 2.35. The van der Waals surface area contributed by atoms with Gasteiger partial charge in [-0.05, 0) is 67.3 Å². The Balaban J connectivity index is 1.65. The maximum Gasteiger partial charge on any atom is 0.335 e. The second-order valence-electron chi connectivity index (χ2n) is 7.81. The lowest BCUT2D eigenvalue weighted by atomic mass is 10.0. The number of nitrogens with zero attached hydrogens (tertiary/aromatic N) is 2. The van der Waals surface area contributed by atoms with Gasteiger partial charge in [-0.15, -0.1) is 0 Å². The van der Waals surface area contributed by atoms with E-state index >= 15 is 0 Å². The van der Waals surface area contributed by atoms with Crippen LogP contribution in [0.15, 0.2) is 66.7 Å². The highest BCUT2D eigenvalue weighted by molar-refractivity contribution is 7.22. The molecule has 0 saturated carbocycles. The molecule has 0 saturated heterocycles. The van der Waals surface area contributed by atoms with Gasteiger partial charge in [0.2, 0.25) is 0 Å². The average molecular weight is 447 g/mol. The van der Waals surface area contributed by atoms with E-state index in [1.54, 1.807) is 30.6 Å². The predicted molar refractivity (Wildman–Crippen MR) is 130 cm³/mol. The van der Waals surface area contributed by atoms with Gasteiger partial charge in [-0.1, -0.05) is 47.7 Å². The molecule has 5 nitrogen and oxygen atoms in total. The molecule has 0 radical (unpaired) electrons. The molecule has 0 aliphatic carbocycles. The fraction of sp³-hybridized carbons (Fsp3) is 0.231. The zero-order valence-corrected chi connectivity index (χ0v) is 19.2. The van der Waals surface area contributed by atoms with Gasteiger partial charge in [0.1, 0.15) is 5.75 Å². The lowest BCUT2D eigenvalue weighted by Gasteiger charge is -2.29. The van der Waals surface area contributed by atoms with Crippen LogP contribution >= 0.6 is 11.3 Å². The number of carboxylic acid groups (broad SMARTS) is 1. The van der Waals surface area contributed by atoms with E-state index in [0.717, 1.165) is 34.9 Å². The number of carboxylic acids is 1. The van der Waals surface area contributed by atoms with E-state index in [1.165, 1.54) is 15.8 Å². The molecule has 1 aromatic heterocycles. The molecule has 0 bridgehead atoms. The summed E-state index contributed by atoms with van der Waals surface area (Å²) in [7, 11) is 1.67. The van der Waals surface area contributed by atoms with Crippen molar-refractivity contribution in [2.45, 2.75) is 26.3 Å². The Morgan fingerprint density at radius 1 is 1.09 bits per heavy atom. The Morgan fingerprint density at radius 3 is 2.44 bits per heavy atom. The van der Waals surface area contributed by atoms with Gasteiger partial charge in [-0.25, -0.2) is 9.78 Å². The fourth-order valence-corrected chi connectivity index (χ4v) is 4.92. The number of aryl methyl sites for hydroxylation is 1. The number of hydrogen-bond donors (Lipinski definition) is 1. The molecule has 0 spiro atoms. The second-order valence-corrected chi connectivity index (χ2v) is 8.79. The van der Waals surface area contributed by atoms with Crippen LogP contribution in [0.3, 0.4) is 0 Å². The summed E-state index contributed by atoms with van der Waals surface area (Å²) in [6.45, 7) is 5.04. The van der Waals surface area contributed by atoms with Gasteiger partial charge in [0.25, 0.3) is 0 Å². The number of rotatable bonds is 8. The summed E-state index contributed by atoms with van der Waals surface area (Å²) in [6, 6.07) is 21.5. The third-order valence-electron chi connectivity index (χ3n) is 5.75. The Morgan fingerprint density at radius 2 is 1.81 bits per heavy atom. The largest absolute Gasteiger partial charge is 0.497 e. The van der Waals surface area contributed by atoms with Crippen molar-refractivity contribution in [3.63, 3.8) is 0 Å². The van der Waals surface area contributed by atoms with Crippen LogP contribution in [0.5, 0.6) is 5.75 Å². The molecular formula is C26H26N2O3S. The molecule has 0 fully saturated rings. The monoisotopic (exact) mass is 446 g/mol. The van der Waals surface area contributed by atoms with Crippen LogP contribution in [0.4, 0.5) is 5.13 Å². The van der Waals surface area contributed by atoms with Gasteiger partial charge in [-0.3, -0.25) is 0 Å². The first-order valence-electron chi connectivity index (χ1n) is 10.5. The molecule has 1 heterocycles. The van der Waals surface area contributed by atoms with Gasteiger partial charge in [0, 0.05) is 6.54 Å². The van der Waals surface area contributed by atoms with Gasteiger partial charge < -0.3 is 14.7 Å². The number of aromatic nitrogens is 1. The van der Waals surface area contributed by atoms with Crippen LogP contribution in [0, 0.1) is 6.92 Å². The number of fused-ring (bicyclic) bond motifs is 1. The van der Waals surface area contributed by atoms with Crippen LogP contribution in [0.2, 0.25) is 0 Å². The van der Waals surface area contributed by atoms with E-state index in [0.29, 0.717) is 5.56 Å². The molecule has 164 valence electrons. The summed E-state index contributed by atoms with van der Waals surface area (Å²) in [4.78, 5) is 18.5. The van der Waals surface area contributed by atoms with Gasteiger partial charge in [-0.2, -0.15) is 0 Å². The maximum absolute atomic E-state index is 11.2. The molecule has 3 aromatic carbocycles. The minimum atomic E-state index is -0.915. The molecule has 4 aromatic rings. The van der Waals surface area contributed by atoms with E-state index in [9.17, 15) is 9.90 Å². The van der Waals surface area contributed by atoms with Crippen molar-refractivity contribution >= 4 is 32.7 Å². The number of aromatic carboxylic acids is 1. The number of carbonyl (C=O) groups is 1. The number of hydrogen-bond acceptors (Lipinski definition) is 5. The summed E-state index contributed by atoms with van der Waals surface area (Å²) >= 11 is 1.70. The summed E-state index contributed by atoms with van der Waals surface area (Å²) in [5.74, 6) is -0.0682. The molecule has 0 aliphatic heterocycles. The highest BCUT2D eigenvalue weighted by Gasteiger charge is 2.21. The summed E-state index contributed by atoms with van der Waals surface area (Å²) in [5, 5.41) is 10.2. The molecule has 1 atom stereocenters. The molecule has 0 aliphatic rings. The second kappa shape index (κ2) is 9.40. The lowest BCUT2D eigenvalue weighted by Crippen LogP contribution is -2.29. The van der Waals surface area contributed by atoms with Crippen molar-refractivity contribution in [3.8, 4) is 5.75 Å². The fourth-order valence-electron chi connectivity index (χ4n) is 3.78. The highest BCUT2D eigenvalue weighted by atomic mass is 32.1. The van der Waals surface area contributed by atoms with Crippen molar-refractivity contribution in [2.24, 2.45) is 0 Å². The lowest BCUT2D eigenvalue weighted by molar-refractivity contribution is 0.0697. The van der Waals surface area contributed by atoms with Gasteiger partial charge in [0.05, 0.1) is 28.9 Å².